The molecule has 1 unspecified atom stereocenters. The Balaban J connectivity index is 2.15. The molecule has 1 heterocycles. The molecule has 0 radical (unpaired) electrons. The van der Waals surface area contributed by atoms with Crippen LogP contribution in [0.5, 0.6) is 0 Å². The Morgan fingerprint density at radius 2 is 2.05 bits per heavy atom. The predicted octanol–water partition coefficient (Wildman–Crippen LogP) is 2.37. The van der Waals surface area contributed by atoms with Gasteiger partial charge in [-0.2, -0.15) is 0 Å². The largest absolute Gasteiger partial charge is 0.384 e. The zero-order chi connectivity index (χ0) is 14.0. The Morgan fingerprint density at radius 3 is 2.74 bits per heavy atom. The van der Waals surface area contributed by atoms with Crippen LogP contribution in [0.1, 0.15) is 32.8 Å². The third-order valence-electron chi connectivity index (χ3n) is 3.28. The first kappa shape index (κ1) is 14.3. The van der Waals surface area contributed by atoms with Crippen molar-refractivity contribution in [3.8, 4) is 0 Å². The molecule has 1 aliphatic heterocycles. The molecule has 0 aliphatic carbocycles. The molecule has 1 aromatic rings. The number of sulfonamides is 1. The van der Waals surface area contributed by atoms with Gasteiger partial charge in [0.25, 0.3) is 0 Å². The lowest BCUT2D eigenvalue weighted by Gasteiger charge is -2.16. The van der Waals surface area contributed by atoms with E-state index in [4.69, 9.17) is 0 Å². The molecule has 0 aromatic heterocycles. The summed E-state index contributed by atoms with van der Waals surface area (Å²) >= 11 is 0. The molecule has 106 valence electrons. The van der Waals surface area contributed by atoms with Crippen LogP contribution in [-0.4, -0.2) is 21.0 Å². The quantitative estimate of drug-likeness (QED) is 0.871. The van der Waals surface area contributed by atoms with Gasteiger partial charge in [-0.25, -0.2) is 13.1 Å². The van der Waals surface area contributed by atoms with Crippen molar-refractivity contribution in [1.29, 1.82) is 0 Å². The van der Waals surface area contributed by atoms with Crippen molar-refractivity contribution in [3.05, 3.63) is 23.8 Å². The minimum Gasteiger partial charge on any atom is -0.384 e. The first-order chi connectivity index (χ1) is 8.88. The van der Waals surface area contributed by atoms with Gasteiger partial charge in [0.15, 0.2) is 0 Å². The summed E-state index contributed by atoms with van der Waals surface area (Å²) in [5.41, 5.74) is 2.13. The average molecular weight is 282 g/mol. The van der Waals surface area contributed by atoms with Gasteiger partial charge < -0.3 is 5.32 Å². The van der Waals surface area contributed by atoms with Crippen LogP contribution in [-0.2, 0) is 16.4 Å². The Bertz CT molecular complexity index is 553. The van der Waals surface area contributed by atoms with E-state index in [1.165, 1.54) is 5.56 Å². The van der Waals surface area contributed by atoms with E-state index in [0.717, 1.165) is 25.1 Å². The maximum atomic E-state index is 12.3. The van der Waals surface area contributed by atoms with Crippen molar-refractivity contribution in [2.75, 3.05) is 11.9 Å². The summed E-state index contributed by atoms with van der Waals surface area (Å²) in [6.07, 6.45) is 1.80. The minimum atomic E-state index is -3.42. The van der Waals surface area contributed by atoms with Gasteiger partial charge in [-0.1, -0.05) is 19.9 Å². The summed E-state index contributed by atoms with van der Waals surface area (Å²) in [5, 5.41) is 3.21. The molecule has 0 amide bonds. The van der Waals surface area contributed by atoms with E-state index in [1.807, 2.05) is 13.0 Å². The summed E-state index contributed by atoms with van der Waals surface area (Å²) < 4.78 is 27.3. The molecule has 1 aromatic carbocycles. The highest BCUT2D eigenvalue weighted by atomic mass is 32.2. The lowest BCUT2D eigenvalue weighted by molar-refractivity contribution is 0.482. The molecule has 0 bridgehead atoms. The van der Waals surface area contributed by atoms with Crippen LogP contribution in [0.3, 0.4) is 0 Å². The predicted molar refractivity (Wildman–Crippen MR) is 77.9 cm³/mol. The summed E-state index contributed by atoms with van der Waals surface area (Å²) in [5.74, 6) is 0.472. The maximum Gasteiger partial charge on any atom is 0.240 e. The first-order valence-electron chi connectivity index (χ1n) is 6.77. The molecule has 0 fully saturated rings. The van der Waals surface area contributed by atoms with E-state index in [-0.39, 0.29) is 6.04 Å². The van der Waals surface area contributed by atoms with Crippen LogP contribution in [0.2, 0.25) is 0 Å². The van der Waals surface area contributed by atoms with E-state index in [9.17, 15) is 8.42 Å². The molecule has 5 heteroatoms. The molecule has 2 N–H and O–H groups in total. The van der Waals surface area contributed by atoms with Gasteiger partial charge in [0.05, 0.1) is 4.90 Å². The highest BCUT2D eigenvalue weighted by Crippen LogP contribution is 2.25. The second kappa shape index (κ2) is 5.51. The van der Waals surface area contributed by atoms with E-state index in [2.05, 4.69) is 23.9 Å². The molecule has 0 saturated heterocycles. The van der Waals surface area contributed by atoms with Crippen molar-refractivity contribution in [2.24, 2.45) is 5.92 Å². The highest BCUT2D eigenvalue weighted by molar-refractivity contribution is 7.89. The molecule has 4 nitrogen and oxygen atoms in total. The van der Waals surface area contributed by atoms with Gasteiger partial charge in [0, 0.05) is 18.3 Å². The molecule has 0 saturated carbocycles. The van der Waals surface area contributed by atoms with Crippen molar-refractivity contribution < 1.29 is 8.42 Å². The zero-order valence-corrected chi connectivity index (χ0v) is 12.5. The van der Waals surface area contributed by atoms with Crippen LogP contribution < -0.4 is 10.0 Å². The molecule has 2 rings (SSSR count). The van der Waals surface area contributed by atoms with Crippen molar-refractivity contribution >= 4 is 15.7 Å². The number of rotatable bonds is 5. The number of anilines is 1. The lowest BCUT2D eigenvalue weighted by atomic mass is 10.1. The van der Waals surface area contributed by atoms with Crippen molar-refractivity contribution in [2.45, 2.75) is 44.6 Å². The average Bonchev–Trinajstić information content (AvgIpc) is 2.73. The smallest absolute Gasteiger partial charge is 0.240 e. The van der Waals surface area contributed by atoms with Crippen LogP contribution in [0.25, 0.3) is 0 Å². The van der Waals surface area contributed by atoms with Crippen molar-refractivity contribution in [1.82, 2.24) is 4.72 Å². The standard InChI is InChI=1S/C14H22N2O2S/c1-10(2)8-11(3)16-19(17,18)13-5-4-12-6-7-15-14(12)9-13/h4-5,9-11,15-16H,6-8H2,1-3H3. The third-order valence-corrected chi connectivity index (χ3v) is 4.87. The summed E-state index contributed by atoms with van der Waals surface area (Å²) in [7, 11) is -3.42. The molecule has 1 aliphatic rings. The number of hydrogen-bond acceptors (Lipinski definition) is 3. The van der Waals surface area contributed by atoms with Gasteiger partial charge >= 0.3 is 0 Å². The van der Waals surface area contributed by atoms with Gasteiger partial charge in [-0.05, 0) is 43.4 Å². The number of benzene rings is 1. The van der Waals surface area contributed by atoms with Crippen LogP contribution in [0, 0.1) is 5.92 Å². The van der Waals surface area contributed by atoms with Gasteiger partial charge in [0.1, 0.15) is 0 Å². The normalized spacial score (nSPS) is 16.2. The summed E-state index contributed by atoms with van der Waals surface area (Å²) in [6.45, 7) is 6.97. The fourth-order valence-corrected chi connectivity index (χ4v) is 3.81. The fraction of sp³-hybridized carbons (Fsp3) is 0.571. The number of hydrogen-bond donors (Lipinski definition) is 2. The summed E-state index contributed by atoms with van der Waals surface area (Å²) in [6, 6.07) is 5.27. The Labute approximate surface area is 115 Å². The topological polar surface area (TPSA) is 58.2 Å². The third kappa shape index (κ3) is 3.48. The molecule has 19 heavy (non-hydrogen) atoms. The summed E-state index contributed by atoms with van der Waals surface area (Å²) in [4.78, 5) is 0.344. The second-order valence-electron chi connectivity index (χ2n) is 5.65. The maximum absolute atomic E-state index is 12.3. The SMILES string of the molecule is CC(C)CC(C)NS(=O)(=O)c1ccc2c(c1)NCC2. The van der Waals surface area contributed by atoms with Gasteiger partial charge in [0.2, 0.25) is 10.0 Å². The number of fused-ring (bicyclic) bond motifs is 1. The second-order valence-corrected chi connectivity index (χ2v) is 7.36. The molecular formula is C14H22N2O2S. The van der Waals surface area contributed by atoms with E-state index < -0.39 is 10.0 Å². The number of nitrogens with one attached hydrogen (secondary N) is 2. The van der Waals surface area contributed by atoms with Crippen LogP contribution in [0.4, 0.5) is 5.69 Å². The fourth-order valence-electron chi connectivity index (χ4n) is 2.53. The first-order valence-corrected chi connectivity index (χ1v) is 8.26. The highest BCUT2D eigenvalue weighted by Gasteiger charge is 2.20. The Kier molecular flexibility index (Phi) is 4.16. The minimum absolute atomic E-state index is 0.0498. The lowest BCUT2D eigenvalue weighted by Crippen LogP contribution is -2.33. The van der Waals surface area contributed by atoms with Crippen LogP contribution >= 0.6 is 0 Å². The Morgan fingerprint density at radius 1 is 1.32 bits per heavy atom. The Hall–Kier alpha value is -1.07. The van der Waals surface area contributed by atoms with Crippen LogP contribution in [0.15, 0.2) is 23.1 Å². The molecule has 0 spiro atoms. The van der Waals surface area contributed by atoms with Gasteiger partial charge in [-0.3, -0.25) is 0 Å². The molecule has 1 atom stereocenters. The van der Waals surface area contributed by atoms with Gasteiger partial charge in [-0.15, -0.1) is 0 Å². The van der Waals surface area contributed by atoms with E-state index >= 15 is 0 Å². The zero-order valence-electron chi connectivity index (χ0n) is 11.7. The van der Waals surface area contributed by atoms with E-state index in [0.29, 0.717) is 10.8 Å². The van der Waals surface area contributed by atoms with E-state index in [1.54, 1.807) is 12.1 Å². The monoisotopic (exact) mass is 282 g/mol. The molecular weight excluding hydrogens is 260 g/mol. The van der Waals surface area contributed by atoms with Crippen molar-refractivity contribution in [3.63, 3.8) is 0 Å².